The van der Waals surface area contributed by atoms with E-state index < -0.39 is 8.24 Å². The predicted molar refractivity (Wildman–Crippen MR) is 83.5 cm³/mol. The maximum Gasteiger partial charge on any atom is 0.119 e. The Morgan fingerprint density at radius 1 is 0.944 bits per heavy atom. The van der Waals surface area contributed by atoms with Gasteiger partial charge in [0, 0.05) is 6.04 Å². The molecule has 2 heteroatoms. The van der Waals surface area contributed by atoms with E-state index in [1.165, 1.54) is 16.3 Å². The van der Waals surface area contributed by atoms with Gasteiger partial charge in [0.1, 0.15) is 8.24 Å². The monoisotopic (exact) mass is 257 g/mol. The van der Waals surface area contributed by atoms with Crippen molar-refractivity contribution in [1.82, 2.24) is 4.57 Å². The maximum absolute atomic E-state index is 2.56. The highest BCUT2D eigenvalue weighted by Gasteiger charge is 2.25. The summed E-state index contributed by atoms with van der Waals surface area (Å²) in [5.74, 6) is 0. The molecular formula is C16H23NSi. The van der Waals surface area contributed by atoms with Gasteiger partial charge < -0.3 is 4.57 Å². The van der Waals surface area contributed by atoms with Gasteiger partial charge in [0.15, 0.2) is 0 Å². The molecule has 0 radical (unpaired) electrons. The van der Waals surface area contributed by atoms with Gasteiger partial charge >= 0.3 is 0 Å². The van der Waals surface area contributed by atoms with Crippen LogP contribution in [0.3, 0.4) is 0 Å². The molecule has 0 aliphatic rings. The third kappa shape index (κ3) is 2.50. The van der Waals surface area contributed by atoms with Crippen LogP contribution in [0.4, 0.5) is 0 Å². The first kappa shape index (κ1) is 13.3. The zero-order chi connectivity index (χ0) is 13.3. The summed E-state index contributed by atoms with van der Waals surface area (Å²) in [7, 11) is 1.00. The van der Waals surface area contributed by atoms with Gasteiger partial charge in [0.2, 0.25) is 0 Å². The van der Waals surface area contributed by atoms with Crippen LogP contribution >= 0.6 is 0 Å². The molecule has 2 aromatic carbocycles. The molecule has 0 amide bonds. The van der Waals surface area contributed by atoms with Crippen molar-refractivity contribution < 1.29 is 0 Å². The summed E-state index contributed by atoms with van der Waals surface area (Å²) >= 11 is 0. The highest BCUT2D eigenvalue weighted by molar-refractivity contribution is 6.73. The van der Waals surface area contributed by atoms with Crippen LogP contribution in [0.15, 0.2) is 42.5 Å². The van der Waals surface area contributed by atoms with Gasteiger partial charge in [-0.3, -0.25) is 0 Å². The molecule has 0 saturated carbocycles. The van der Waals surface area contributed by atoms with E-state index >= 15 is 0 Å². The fourth-order valence-corrected chi connectivity index (χ4v) is 3.71. The zero-order valence-electron chi connectivity index (χ0n) is 12.1. The summed E-state index contributed by atoms with van der Waals surface area (Å²) in [6.07, 6.45) is 0. The summed E-state index contributed by atoms with van der Waals surface area (Å²) < 4.78 is 2.56. The molecule has 2 rings (SSSR count). The standard InChI is InChI=1S/C16H23NSi/c1-13(17(2)18(3,4)5)15-12-8-10-14-9-6-7-11-16(14)15/h6-13H,1-5H3. The summed E-state index contributed by atoms with van der Waals surface area (Å²) in [6.45, 7) is 9.51. The first-order chi connectivity index (χ1) is 8.41. The second-order valence-corrected chi connectivity index (χ2v) is 11.1. The molecule has 2 aromatic rings. The number of hydrogen-bond acceptors (Lipinski definition) is 1. The van der Waals surface area contributed by atoms with Crippen molar-refractivity contribution in [2.75, 3.05) is 7.05 Å². The molecular weight excluding hydrogens is 234 g/mol. The van der Waals surface area contributed by atoms with Crippen LogP contribution in [0, 0.1) is 0 Å². The average molecular weight is 257 g/mol. The lowest BCUT2D eigenvalue weighted by atomic mass is 10.00. The quantitative estimate of drug-likeness (QED) is 0.722. The number of benzene rings is 2. The van der Waals surface area contributed by atoms with E-state index in [-0.39, 0.29) is 0 Å². The van der Waals surface area contributed by atoms with Gasteiger partial charge in [-0.1, -0.05) is 62.1 Å². The fraction of sp³-hybridized carbons (Fsp3) is 0.375. The summed E-state index contributed by atoms with van der Waals surface area (Å²) in [6, 6.07) is 15.8. The Bertz CT molecular complexity index is 537. The van der Waals surface area contributed by atoms with E-state index in [1.54, 1.807) is 0 Å². The van der Waals surface area contributed by atoms with Gasteiger partial charge in [-0.15, -0.1) is 0 Å². The zero-order valence-corrected chi connectivity index (χ0v) is 13.1. The van der Waals surface area contributed by atoms with Crippen molar-refractivity contribution in [1.29, 1.82) is 0 Å². The van der Waals surface area contributed by atoms with Crippen LogP contribution in [0.2, 0.25) is 19.6 Å². The first-order valence-corrected chi connectivity index (χ1v) is 10.1. The molecule has 18 heavy (non-hydrogen) atoms. The Kier molecular flexibility index (Phi) is 3.60. The van der Waals surface area contributed by atoms with E-state index in [2.05, 4.69) is 80.6 Å². The Hall–Kier alpha value is -1.12. The minimum atomic E-state index is -1.26. The molecule has 0 aliphatic heterocycles. The van der Waals surface area contributed by atoms with Crippen LogP contribution < -0.4 is 0 Å². The second kappa shape index (κ2) is 4.86. The van der Waals surface area contributed by atoms with Crippen molar-refractivity contribution in [3.05, 3.63) is 48.0 Å². The third-order valence-electron chi connectivity index (χ3n) is 3.91. The Morgan fingerprint density at radius 2 is 1.56 bits per heavy atom. The van der Waals surface area contributed by atoms with Gasteiger partial charge in [0.25, 0.3) is 0 Å². The molecule has 0 aromatic heterocycles. The van der Waals surface area contributed by atoms with E-state index in [0.717, 1.165) is 0 Å². The molecule has 0 heterocycles. The maximum atomic E-state index is 2.56. The van der Waals surface area contributed by atoms with Gasteiger partial charge in [-0.05, 0) is 30.3 Å². The van der Waals surface area contributed by atoms with Crippen LogP contribution in [-0.4, -0.2) is 19.8 Å². The molecule has 1 unspecified atom stereocenters. The third-order valence-corrected chi connectivity index (χ3v) is 6.42. The molecule has 0 spiro atoms. The van der Waals surface area contributed by atoms with Gasteiger partial charge in [-0.2, -0.15) is 0 Å². The van der Waals surface area contributed by atoms with Crippen molar-refractivity contribution in [2.24, 2.45) is 0 Å². The van der Waals surface area contributed by atoms with Crippen molar-refractivity contribution in [2.45, 2.75) is 32.6 Å². The van der Waals surface area contributed by atoms with Crippen molar-refractivity contribution in [3.8, 4) is 0 Å². The van der Waals surface area contributed by atoms with Gasteiger partial charge in [0.05, 0.1) is 0 Å². The lowest BCUT2D eigenvalue weighted by molar-refractivity contribution is 0.409. The van der Waals surface area contributed by atoms with Crippen LogP contribution in [-0.2, 0) is 0 Å². The van der Waals surface area contributed by atoms with E-state index in [4.69, 9.17) is 0 Å². The highest BCUT2D eigenvalue weighted by Crippen LogP contribution is 2.29. The van der Waals surface area contributed by atoms with Crippen LogP contribution in [0.1, 0.15) is 18.5 Å². The second-order valence-electron chi connectivity index (χ2n) is 6.03. The minimum absolute atomic E-state index is 0.475. The highest BCUT2D eigenvalue weighted by atomic mass is 28.3. The minimum Gasteiger partial charge on any atom is -0.320 e. The first-order valence-electron chi connectivity index (χ1n) is 6.62. The molecule has 0 N–H and O–H groups in total. The Balaban J connectivity index is 2.48. The van der Waals surface area contributed by atoms with E-state index in [0.29, 0.717) is 6.04 Å². The van der Waals surface area contributed by atoms with E-state index in [1.807, 2.05) is 0 Å². The summed E-state index contributed by atoms with van der Waals surface area (Å²) in [4.78, 5) is 0. The smallest absolute Gasteiger partial charge is 0.119 e. The molecule has 96 valence electrons. The Morgan fingerprint density at radius 3 is 2.22 bits per heavy atom. The summed E-state index contributed by atoms with van der Waals surface area (Å²) in [5, 5.41) is 2.73. The van der Waals surface area contributed by atoms with Crippen LogP contribution in [0.5, 0.6) is 0 Å². The van der Waals surface area contributed by atoms with Crippen molar-refractivity contribution in [3.63, 3.8) is 0 Å². The van der Waals surface area contributed by atoms with Crippen molar-refractivity contribution >= 4 is 19.0 Å². The van der Waals surface area contributed by atoms with E-state index in [9.17, 15) is 0 Å². The largest absolute Gasteiger partial charge is 0.320 e. The Labute approximate surface area is 112 Å². The molecule has 0 aliphatic carbocycles. The molecule has 1 nitrogen and oxygen atoms in total. The number of rotatable bonds is 3. The SMILES string of the molecule is CC(c1cccc2ccccc12)N(C)[Si](C)(C)C. The lowest BCUT2D eigenvalue weighted by Crippen LogP contribution is -2.44. The fourth-order valence-electron chi connectivity index (χ4n) is 2.40. The number of hydrogen-bond donors (Lipinski definition) is 0. The topological polar surface area (TPSA) is 3.24 Å². The number of nitrogens with zero attached hydrogens (tertiary/aromatic N) is 1. The number of fused-ring (bicyclic) bond motifs is 1. The molecule has 0 saturated heterocycles. The van der Waals surface area contributed by atoms with Crippen LogP contribution in [0.25, 0.3) is 10.8 Å². The molecule has 0 fully saturated rings. The normalized spacial score (nSPS) is 14.1. The predicted octanol–water partition coefficient (Wildman–Crippen LogP) is 4.67. The lowest BCUT2D eigenvalue weighted by Gasteiger charge is -2.36. The molecule has 0 bridgehead atoms. The average Bonchev–Trinajstić information content (AvgIpc) is 2.35. The molecule has 1 atom stereocenters. The van der Waals surface area contributed by atoms with Gasteiger partial charge in [-0.25, -0.2) is 0 Å². The summed E-state index contributed by atoms with van der Waals surface area (Å²) in [5.41, 5.74) is 1.44.